The molecule has 5 nitrogen and oxygen atoms in total. The van der Waals surface area contributed by atoms with Gasteiger partial charge in [0.1, 0.15) is 0 Å². The number of amides is 1. The Hall–Kier alpha value is -1.36. The second kappa shape index (κ2) is 5.93. The van der Waals surface area contributed by atoms with Gasteiger partial charge in [-0.15, -0.1) is 0 Å². The van der Waals surface area contributed by atoms with E-state index < -0.39 is 0 Å². The summed E-state index contributed by atoms with van der Waals surface area (Å²) >= 11 is 0. The van der Waals surface area contributed by atoms with Crippen LogP contribution in [0.1, 0.15) is 49.1 Å². The van der Waals surface area contributed by atoms with Crippen LogP contribution < -0.4 is 5.32 Å². The van der Waals surface area contributed by atoms with Crippen molar-refractivity contribution in [2.75, 3.05) is 6.61 Å². The van der Waals surface area contributed by atoms with E-state index in [0.717, 1.165) is 35.9 Å². The fourth-order valence-electron chi connectivity index (χ4n) is 5.09. The van der Waals surface area contributed by atoms with Gasteiger partial charge >= 0.3 is 0 Å². The lowest BCUT2D eigenvalue weighted by atomic mass is 9.61. The van der Waals surface area contributed by atoms with Crippen LogP contribution in [0.25, 0.3) is 0 Å². The molecule has 2 aliphatic carbocycles. The Bertz CT molecular complexity index is 567. The SMILES string of the molecule is Cc1n[nH]c(C)c1CC(=O)N[C@H]1[C@@H]2CCO[C@@H]2[C@@H]1C1CCCC1. The Kier molecular flexibility index (Phi) is 3.92. The number of hydrogen-bond acceptors (Lipinski definition) is 3. The normalized spacial score (nSPS) is 33.5. The number of aromatic nitrogens is 2. The van der Waals surface area contributed by atoms with Gasteiger partial charge in [-0.3, -0.25) is 9.89 Å². The zero-order valence-corrected chi connectivity index (χ0v) is 14.1. The largest absolute Gasteiger partial charge is 0.377 e. The van der Waals surface area contributed by atoms with Crippen molar-refractivity contribution < 1.29 is 9.53 Å². The molecule has 23 heavy (non-hydrogen) atoms. The summed E-state index contributed by atoms with van der Waals surface area (Å²) in [5.41, 5.74) is 2.97. The van der Waals surface area contributed by atoms with Crippen LogP contribution in [0.15, 0.2) is 0 Å². The van der Waals surface area contributed by atoms with Crippen LogP contribution in [0.3, 0.4) is 0 Å². The molecule has 1 saturated heterocycles. The van der Waals surface area contributed by atoms with Crippen LogP contribution in [0.5, 0.6) is 0 Å². The number of fused-ring (bicyclic) bond motifs is 1. The van der Waals surface area contributed by atoms with Crippen molar-refractivity contribution >= 4 is 5.91 Å². The predicted molar refractivity (Wildman–Crippen MR) is 87.0 cm³/mol. The monoisotopic (exact) mass is 317 g/mol. The van der Waals surface area contributed by atoms with Gasteiger partial charge in [0, 0.05) is 35.7 Å². The van der Waals surface area contributed by atoms with Crippen molar-refractivity contribution in [2.24, 2.45) is 17.8 Å². The highest BCUT2D eigenvalue weighted by Gasteiger charge is 2.56. The van der Waals surface area contributed by atoms with Crippen LogP contribution in [0.2, 0.25) is 0 Å². The van der Waals surface area contributed by atoms with Crippen LogP contribution in [0.4, 0.5) is 0 Å². The third kappa shape index (κ3) is 2.59. The topological polar surface area (TPSA) is 67.0 Å². The molecule has 5 heteroatoms. The van der Waals surface area contributed by atoms with Crippen molar-refractivity contribution in [3.8, 4) is 0 Å². The quantitative estimate of drug-likeness (QED) is 0.895. The highest BCUT2D eigenvalue weighted by molar-refractivity contribution is 5.79. The van der Waals surface area contributed by atoms with E-state index in [2.05, 4.69) is 15.5 Å². The van der Waals surface area contributed by atoms with Gasteiger partial charge in [-0.2, -0.15) is 5.10 Å². The predicted octanol–water partition coefficient (Wildman–Crippen LogP) is 2.28. The lowest BCUT2D eigenvalue weighted by Crippen LogP contribution is -2.63. The molecule has 0 bridgehead atoms. The van der Waals surface area contributed by atoms with Crippen LogP contribution in [-0.4, -0.2) is 34.9 Å². The summed E-state index contributed by atoms with van der Waals surface area (Å²) in [6.07, 6.45) is 7.23. The summed E-state index contributed by atoms with van der Waals surface area (Å²) in [6, 6.07) is 0.325. The third-order valence-corrected chi connectivity index (χ3v) is 6.33. The van der Waals surface area contributed by atoms with Crippen LogP contribution >= 0.6 is 0 Å². The number of aryl methyl sites for hydroxylation is 2. The van der Waals surface area contributed by atoms with Gasteiger partial charge in [-0.05, 0) is 26.2 Å². The van der Waals surface area contributed by atoms with Crippen LogP contribution in [-0.2, 0) is 16.0 Å². The molecule has 0 unspecified atom stereocenters. The van der Waals surface area contributed by atoms with Crippen molar-refractivity contribution in [1.82, 2.24) is 15.5 Å². The molecule has 4 atom stereocenters. The van der Waals surface area contributed by atoms with E-state index in [4.69, 9.17) is 4.74 Å². The first-order valence-electron chi connectivity index (χ1n) is 9.06. The molecule has 3 fully saturated rings. The number of aromatic amines is 1. The summed E-state index contributed by atoms with van der Waals surface area (Å²) in [5, 5.41) is 10.5. The third-order valence-electron chi connectivity index (χ3n) is 6.33. The first-order chi connectivity index (χ1) is 11.1. The summed E-state index contributed by atoms with van der Waals surface area (Å²) in [5.74, 6) is 1.96. The average molecular weight is 317 g/mol. The standard InChI is InChI=1S/C18H27N3O2/c1-10-14(11(2)21-20-10)9-15(22)19-17-13-7-8-23-18(13)16(17)12-5-3-4-6-12/h12-13,16-18H,3-9H2,1-2H3,(H,19,22)(H,20,21)/t13-,16+,17-,18-/m0/s1. The number of hydrogen-bond donors (Lipinski definition) is 2. The first-order valence-corrected chi connectivity index (χ1v) is 9.06. The van der Waals surface area contributed by atoms with Crippen molar-refractivity contribution in [3.63, 3.8) is 0 Å². The van der Waals surface area contributed by atoms with Gasteiger partial charge in [-0.25, -0.2) is 0 Å². The van der Waals surface area contributed by atoms with Gasteiger partial charge in [0.25, 0.3) is 0 Å². The van der Waals surface area contributed by atoms with Crippen LogP contribution in [0, 0.1) is 31.6 Å². The second-order valence-corrected chi connectivity index (χ2v) is 7.59. The molecule has 0 aromatic carbocycles. The molecule has 1 aliphatic heterocycles. The molecule has 1 aromatic heterocycles. The maximum Gasteiger partial charge on any atom is 0.224 e. The maximum absolute atomic E-state index is 12.6. The fourth-order valence-corrected chi connectivity index (χ4v) is 5.09. The zero-order valence-electron chi connectivity index (χ0n) is 14.1. The van der Waals surface area contributed by atoms with E-state index in [9.17, 15) is 4.79 Å². The lowest BCUT2D eigenvalue weighted by Gasteiger charge is -2.50. The lowest BCUT2D eigenvalue weighted by molar-refractivity contribution is -0.129. The van der Waals surface area contributed by atoms with Gasteiger partial charge in [-0.1, -0.05) is 25.7 Å². The molecule has 4 rings (SSSR count). The average Bonchev–Trinajstić information content (AvgIpc) is 3.24. The molecule has 2 heterocycles. The second-order valence-electron chi connectivity index (χ2n) is 7.59. The fraction of sp³-hybridized carbons (Fsp3) is 0.778. The molecular formula is C18H27N3O2. The van der Waals surface area contributed by atoms with E-state index in [1.165, 1.54) is 25.7 Å². The summed E-state index contributed by atoms with van der Waals surface area (Å²) < 4.78 is 5.97. The number of ether oxygens (including phenoxy) is 1. The smallest absolute Gasteiger partial charge is 0.224 e. The molecule has 0 spiro atoms. The number of carbonyl (C=O) groups excluding carboxylic acids is 1. The van der Waals surface area contributed by atoms with Crippen molar-refractivity contribution in [2.45, 2.75) is 64.5 Å². The molecular weight excluding hydrogens is 290 g/mol. The van der Waals surface area contributed by atoms with Gasteiger partial charge in [0.05, 0.1) is 18.2 Å². The number of nitrogens with zero attached hydrogens (tertiary/aromatic N) is 1. The van der Waals surface area contributed by atoms with E-state index in [-0.39, 0.29) is 5.91 Å². The molecule has 0 radical (unpaired) electrons. The number of rotatable bonds is 4. The maximum atomic E-state index is 12.6. The number of H-pyrrole nitrogens is 1. The zero-order chi connectivity index (χ0) is 16.0. The molecule has 3 aliphatic rings. The molecule has 1 amide bonds. The highest BCUT2D eigenvalue weighted by atomic mass is 16.5. The molecule has 1 aromatic rings. The minimum atomic E-state index is 0.135. The summed E-state index contributed by atoms with van der Waals surface area (Å²) in [4.78, 5) is 12.6. The van der Waals surface area contributed by atoms with E-state index in [0.29, 0.717) is 30.4 Å². The Morgan fingerprint density at radius 3 is 2.78 bits per heavy atom. The Morgan fingerprint density at radius 2 is 2.09 bits per heavy atom. The minimum Gasteiger partial charge on any atom is -0.377 e. The van der Waals surface area contributed by atoms with E-state index in [1.54, 1.807) is 0 Å². The first kappa shape index (κ1) is 15.2. The van der Waals surface area contributed by atoms with Gasteiger partial charge in [0.15, 0.2) is 0 Å². The summed E-state index contributed by atoms with van der Waals surface area (Å²) in [7, 11) is 0. The Labute approximate surface area is 137 Å². The minimum absolute atomic E-state index is 0.135. The molecule has 2 saturated carbocycles. The van der Waals surface area contributed by atoms with E-state index in [1.807, 2.05) is 13.8 Å². The number of nitrogens with one attached hydrogen (secondary N) is 2. The van der Waals surface area contributed by atoms with Gasteiger partial charge in [0.2, 0.25) is 5.91 Å². The Morgan fingerprint density at radius 1 is 1.30 bits per heavy atom. The van der Waals surface area contributed by atoms with E-state index >= 15 is 0 Å². The van der Waals surface area contributed by atoms with Crippen molar-refractivity contribution in [3.05, 3.63) is 17.0 Å². The molecule has 126 valence electrons. The Balaban J connectivity index is 1.43. The number of carbonyl (C=O) groups is 1. The highest BCUT2D eigenvalue weighted by Crippen LogP contribution is 2.51. The van der Waals surface area contributed by atoms with Gasteiger partial charge < -0.3 is 10.1 Å². The van der Waals surface area contributed by atoms with Crippen molar-refractivity contribution in [1.29, 1.82) is 0 Å². The summed E-state index contributed by atoms with van der Waals surface area (Å²) in [6.45, 7) is 4.80. The molecule has 2 N–H and O–H groups in total.